The van der Waals surface area contributed by atoms with E-state index >= 15 is 0 Å². The van der Waals surface area contributed by atoms with Crippen molar-refractivity contribution in [3.05, 3.63) is 78.9 Å². The molecule has 200 valence electrons. The van der Waals surface area contributed by atoms with Crippen molar-refractivity contribution in [2.45, 2.75) is 58.6 Å². The van der Waals surface area contributed by atoms with E-state index in [1.807, 2.05) is 63.2 Å². The largest absolute Gasteiger partial charge is 0.488 e. The first-order chi connectivity index (χ1) is 17.0. The van der Waals surface area contributed by atoms with Gasteiger partial charge in [0, 0.05) is 0 Å². The molecule has 0 aliphatic heterocycles. The Morgan fingerprint density at radius 3 is 1.57 bits per heavy atom. The maximum Gasteiger partial charge on any atom is 0.432 e. The summed E-state index contributed by atoms with van der Waals surface area (Å²) in [6.07, 6.45) is -9.90. The molecule has 0 radical (unpaired) electrons. The summed E-state index contributed by atoms with van der Waals surface area (Å²) in [5.74, 6) is -0.00509. The quantitative estimate of drug-likeness (QED) is 0.187. The number of hydrogen-bond donors (Lipinski definition) is 1. The molecule has 0 fully saturated rings. The molecule has 0 saturated carbocycles. The van der Waals surface area contributed by atoms with Crippen molar-refractivity contribution < 1.29 is 44.4 Å². The van der Waals surface area contributed by atoms with Gasteiger partial charge in [0.2, 0.25) is 0 Å². The van der Waals surface area contributed by atoms with Crippen LogP contribution in [0.25, 0.3) is 0 Å². The molecular weight excluding hydrogens is 539 g/mol. The van der Waals surface area contributed by atoms with Gasteiger partial charge in [0.25, 0.3) is 6.10 Å². The molecule has 0 heterocycles. The Kier molecular flexibility index (Phi) is 8.16. The Labute approximate surface area is 214 Å². The van der Waals surface area contributed by atoms with Gasteiger partial charge in [0.15, 0.2) is 14.7 Å². The summed E-state index contributed by atoms with van der Waals surface area (Å²) in [5, 5.41) is -5.62. The predicted molar refractivity (Wildman–Crippen MR) is 129 cm³/mol. The Bertz CT molecular complexity index is 1290. The molecule has 3 aromatic rings. The summed E-state index contributed by atoms with van der Waals surface area (Å²) in [6.45, 7) is 5.73. The number of ether oxygens (including phenoxy) is 2. The fourth-order valence-electron chi connectivity index (χ4n) is 3.21. The van der Waals surface area contributed by atoms with Gasteiger partial charge in [-0.05, 0) is 81.4 Å². The minimum atomic E-state index is -6.40. The highest BCUT2D eigenvalue weighted by Crippen LogP contribution is 2.39. The van der Waals surface area contributed by atoms with Crippen LogP contribution in [0.3, 0.4) is 0 Å². The van der Waals surface area contributed by atoms with Gasteiger partial charge >= 0.3 is 21.5 Å². The van der Waals surface area contributed by atoms with Gasteiger partial charge in [-0.25, -0.2) is 0 Å². The standard InChI is InChI=1S/C25H23F5O5S2/c1-23(2,3)35-18-11-15-21(16-12-18)36(19-7-5-4-6-8-19)20-13-9-17(10-14-20)34-22(24(26,27)28)25(29,30)37(31,32)33/h4-16,22H,1-3H3/p+1. The van der Waals surface area contributed by atoms with Crippen molar-refractivity contribution in [2.75, 3.05) is 0 Å². The van der Waals surface area contributed by atoms with Crippen LogP contribution >= 0.6 is 0 Å². The fraction of sp³-hybridized carbons (Fsp3) is 0.280. The van der Waals surface area contributed by atoms with Gasteiger partial charge in [-0.1, -0.05) is 18.2 Å². The van der Waals surface area contributed by atoms with E-state index in [0.29, 0.717) is 10.6 Å². The molecule has 0 aliphatic carbocycles. The first-order valence-electron chi connectivity index (χ1n) is 10.8. The minimum Gasteiger partial charge on any atom is -0.488 e. The molecule has 2 unspecified atom stereocenters. The Balaban J connectivity index is 1.96. The first kappa shape index (κ1) is 28.7. The third-order valence-electron chi connectivity index (χ3n) is 4.72. The molecule has 0 aromatic heterocycles. The van der Waals surface area contributed by atoms with E-state index in [1.165, 1.54) is 12.1 Å². The summed E-state index contributed by atoms with van der Waals surface area (Å²) in [4.78, 5) is 2.37. The molecule has 2 atom stereocenters. The van der Waals surface area contributed by atoms with Crippen molar-refractivity contribution in [1.82, 2.24) is 0 Å². The van der Waals surface area contributed by atoms with Crippen LogP contribution in [0.15, 0.2) is 93.5 Å². The Morgan fingerprint density at radius 1 is 0.730 bits per heavy atom. The summed E-state index contributed by atoms with van der Waals surface area (Å²) in [7, 11) is -7.13. The maximum absolute atomic E-state index is 13.9. The van der Waals surface area contributed by atoms with Crippen molar-refractivity contribution in [3.63, 3.8) is 0 Å². The summed E-state index contributed by atoms with van der Waals surface area (Å²) < 4.78 is 108. The number of benzene rings is 3. The highest BCUT2D eigenvalue weighted by Gasteiger charge is 2.65. The molecule has 0 aliphatic rings. The van der Waals surface area contributed by atoms with E-state index in [4.69, 9.17) is 9.29 Å². The van der Waals surface area contributed by atoms with Gasteiger partial charge < -0.3 is 9.47 Å². The average molecular weight is 564 g/mol. The molecule has 3 rings (SSSR count). The predicted octanol–water partition coefficient (Wildman–Crippen LogP) is 6.75. The zero-order valence-electron chi connectivity index (χ0n) is 19.9. The van der Waals surface area contributed by atoms with Crippen LogP contribution in [-0.4, -0.2) is 36.1 Å². The average Bonchev–Trinajstić information content (AvgIpc) is 2.78. The maximum atomic E-state index is 13.9. The van der Waals surface area contributed by atoms with Crippen LogP contribution in [0.2, 0.25) is 0 Å². The monoisotopic (exact) mass is 563 g/mol. The van der Waals surface area contributed by atoms with Crippen LogP contribution in [0.4, 0.5) is 22.0 Å². The highest BCUT2D eigenvalue weighted by molar-refractivity contribution is 7.97. The van der Waals surface area contributed by atoms with Crippen molar-refractivity contribution in [3.8, 4) is 11.5 Å². The minimum absolute atomic E-state index is 0.404. The van der Waals surface area contributed by atoms with Gasteiger partial charge in [-0.3, -0.25) is 4.55 Å². The normalized spacial score (nSPS) is 14.6. The van der Waals surface area contributed by atoms with Crippen LogP contribution in [0.1, 0.15) is 20.8 Å². The van der Waals surface area contributed by atoms with E-state index in [1.54, 1.807) is 12.1 Å². The molecule has 0 saturated heterocycles. The second-order valence-electron chi connectivity index (χ2n) is 8.85. The molecule has 0 spiro atoms. The van der Waals surface area contributed by atoms with Gasteiger partial charge in [-0.15, -0.1) is 0 Å². The number of hydrogen-bond acceptors (Lipinski definition) is 4. The van der Waals surface area contributed by atoms with Crippen molar-refractivity contribution in [1.29, 1.82) is 0 Å². The summed E-state index contributed by atoms with van der Waals surface area (Å²) in [5.41, 5.74) is -0.404. The molecule has 5 nitrogen and oxygen atoms in total. The SMILES string of the molecule is CC(C)(C)Oc1ccc([S+](c2ccccc2)c2ccc(OC(C(F)(F)F)C(F)(F)S(=O)(=O)O)cc2)cc1. The Hall–Kier alpha value is -2.83. The second kappa shape index (κ2) is 10.5. The molecule has 1 N–H and O–H groups in total. The first-order valence-corrected chi connectivity index (χ1v) is 13.4. The number of rotatable bonds is 8. The van der Waals surface area contributed by atoms with Gasteiger partial charge in [0.1, 0.15) is 17.1 Å². The van der Waals surface area contributed by atoms with Crippen molar-refractivity contribution in [2.24, 2.45) is 0 Å². The Morgan fingerprint density at radius 2 is 1.16 bits per heavy atom. The molecule has 12 heteroatoms. The lowest BCUT2D eigenvalue weighted by Gasteiger charge is -2.26. The fourth-order valence-corrected chi connectivity index (χ4v) is 5.73. The topological polar surface area (TPSA) is 72.8 Å². The second-order valence-corrected chi connectivity index (χ2v) is 12.4. The smallest absolute Gasteiger partial charge is 0.432 e. The summed E-state index contributed by atoms with van der Waals surface area (Å²) >= 11 is 0. The van der Waals surface area contributed by atoms with E-state index in [0.717, 1.165) is 21.9 Å². The zero-order chi connectivity index (χ0) is 27.6. The van der Waals surface area contributed by atoms with Gasteiger partial charge in [-0.2, -0.15) is 30.4 Å². The zero-order valence-corrected chi connectivity index (χ0v) is 21.5. The molecule has 3 aromatic carbocycles. The lowest BCUT2D eigenvalue weighted by Crippen LogP contribution is -2.53. The highest BCUT2D eigenvalue weighted by atomic mass is 32.2. The molecular formula is C25H24F5O5S2+. The third-order valence-corrected chi connectivity index (χ3v) is 7.85. The van der Waals surface area contributed by atoms with Crippen molar-refractivity contribution >= 4 is 21.0 Å². The van der Waals surface area contributed by atoms with E-state index in [-0.39, 0.29) is 0 Å². The molecule has 37 heavy (non-hydrogen) atoms. The van der Waals surface area contributed by atoms with Crippen LogP contribution in [0, 0.1) is 0 Å². The van der Waals surface area contributed by atoms with Crippen LogP contribution < -0.4 is 9.47 Å². The van der Waals surface area contributed by atoms with Crippen LogP contribution in [-0.2, 0) is 21.0 Å². The van der Waals surface area contributed by atoms with Gasteiger partial charge in [0.05, 0.1) is 10.9 Å². The van der Waals surface area contributed by atoms with E-state index < -0.39 is 49.9 Å². The lowest BCUT2D eigenvalue weighted by molar-refractivity contribution is -0.239. The third kappa shape index (κ3) is 7.14. The number of alkyl halides is 5. The molecule has 0 bridgehead atoms. The van der Waals surface area contributed by atoms with Crippen LogP contribution in [0.5, 0.6) is 11.5 Å². The van der Waals surface area contributed by atoms with E-state index in [9.17, 15) is 30.4 Å². The summed E-state index contributed by atoms with van der Waals surface area (Å²) in [6, 6.07) is 21.4. The number of halogens is 5. The van der Waals surface area contributed by atoms with E-state index in [2.05, 4.69) is 4.74 Å². The molecule has 0 amide bonds. The lowest BCUT2D eigenvalue weighted by atomic mass is 10.2.